The van der Waals surface area contributed by atoms with Crippen molar-refractivity contribution in [3.8, 4) is 50.8 Å². The average molecular weight is 908 g/mol. The van der Waals surface area contributed by atoms with Crippen LogP contribution in [0.25, 0.3) is 127 Å². The van der Waals surface area contributed by atoms with Crippen molar-refractivity contribution >= 4 is 87.4 Å². The molecule has 0 amide bonds. The monoisotopic (exact) mass is 907 g/mol. The fraction of sp³-hybridized carbons (Fsp3) is 0. The second-order valence-corrected chi connectivity index (χ2v) is 18.5. The zero-order chi connectivity index (χ0) is 46.6. The molecule has 0 radical (unpaired) electrons. The molecule has 0 fully saturated rings. The van der Waals surface area contributed by atoms with Crippen molar-refractivity contribution in [1.29, 1.82) is 0 Å². The summed E-state index contributed by atoms with van der Waals surface area (Å²) in [4.78, 5) is 0. The van der Waals surface area contributed by atoms with Crippen molar-refractivity contribution in [2.75, 3.05) is 0 Å². The van der Waals surface area contributed by atoms with Crippen molar-refractivity contribution in [3.63, 3.8) is 0 Å². The van der Waals surface area contributed by atoms with E-state index < -0.39 is 0 Å². The van der Waals surface area contributed by atoms with Crippen LogP contribution in [0.3, 0.4) is 0 Å². The summed E-state index contributed by atoms with van der Waals surface area (Å²) in [6.07, 6.45) is 0. The lowest BCUT2D eigenvalue weighted by atomic mass is 9.98. The largest absolute Gasteiger partial charge is 0.457 e. The number of ether oxygens (including phenoxy) is 1. The standard InChI is InChI=1S/C66H41N3O2/c1-3-13-46(14-4-1)67-59-20-10-7-17-51(59)55-37-42(23-33-61(55)67)44-25-35-63-57(39-44)58-40-45(43-24-34-62-56(38-43)52-18-8-11-21-60(52)68(62)47-15-5-2-6-16-47)26-36-64(58)69(63)48-27-29-49(30-28-48)70-50-31-32-54-53-19-9-12-22-65(53)71-66(54)41-50/h1-41H. The maximum absolute atomic E-state index is 6.45. The number of nitrogens with zero attached hydrogens (tertiary/aromatic N) is 3. The summed E-state index contributed by atoms with van der Waals surface area (Å²) in [5.74, 6) is 1.48. The van der Waals surface area contributed by atoms with Crippen LogP contribution in [-0.2, 0) is 0 Å². The molecule has 0 saturated carbocycles. The minimum Gasteiger partial charge on any atom is -0.457 e. The van der Waals surface area contributed by atoms with Crippen LogP contribution in [0, 0.1) is 0 Å². The van der Waals surface area contributed by atoms with E-state index in [0.29, 0.717) is 0 Å². The smallest absolute Gasteiger partial charge is 0.139 e. The Labute approximate surface area is 407 Å². The van der Waals surface area contributed by atoms with Crippen LogP contribution in [0.15, 0.2) is 253 Å². The van der Waals surface area contributed by atoms with Gasteiger partial charge in [0.05, 0.1) is 33.1 Å². The average Bonchev–Trinajstić information content (AvgIpc) is 4.17. The van der Waals surface area contributed by atoms with Crippen LogP contribution >= 0.6 is 0 Å². The number of hydrogen-bond acceptors (Lipinski definition) is 2. The second-order valence-electron chi connectivity index (χ2n) is 18.5. The lowest BCUT2D eigenvalue weighted by Gasteiger charge is -2.11. The SMILES string of the molecule is c1ccc(-n2c3ccccc3c3cc(-c4ccc5c(c4)c4cc(-c6ccc7c(c6)c6ccccc6n7-c6ccccc6)ccc4n5-c4ccc(Oc5ccc6c(c5)oc5ccccc56)cc4)ccc32)cc1. The van der Waals surface area contributed by atoms with Crippen molar-refractivity contribution in [3.05, 3.63) is 249 Å². The summed E-state index contributed by atoms with van der Waals surface area (Å²) < 4.78 is 19.8. The Morgan fingerprint density at radius 2 is 0.606 bits per heavy atom. The van der Waals surface area contributed by atoms with Gasteiger partial charge in [0, 0.05) is 66.2 Å². The Bertz CT molecular complexity index is 4380. The van der Waals surface area contributed by atoms with Gasteiger partial charge in [-0.3, -0.25) is 0 Å². The minimum atomic E-state index is 0.729. The van der Waals surface area contributed by atoms with E-state index in [2.05, 4.69) is 232 Å². The number of para-hydroxylation sites is 5. The van der Waals surface area contributed by atoms with Crippen LogP contribution in [0.4, 0.5) is 0 Å². The Hall–Kier alpha value is -9.58. The highest BCUT2D eigenvalue weighted by molar-refractivity contribution is 6.15. The molecule has 0 aliphatic heterocycles. The number of hydrogen-bond donors (Lipinski definition) is 0. The predicted octanol–water partition coefficient (Wildman–Crippen LogP) is 18.0. The number of furan rings is 1. The third kappa shape index (κ3) is 6.20. The molecule has 15 aromatic rings. The molecule has 0 spiro atoms. The highest BCUT2D eigenvalue weighted by Gasteiger charge is 2.19. The van der Waals surface area contributed by atoms with E-state index in [4.69, 9.17) is 9.15 Å². The molecule has 5 heteroatoms. The molecular weight excluding hydrogens is 867 g/mol. The van der Waals surface area contributed by atoms with E-state index in [9.17, 15) is 0 Å². The highest BCUT2D eigenvalue weighted by Crippen LogP contribution is 2.42. The molecule has 0 bridgehead atoms. The normalized spacial score (nSPS) is 11.9. The van der Waals surface area contributed by atoms with Gasteiger partial charge in [-0.05, 0) is 150 Å². The van der Waals surface area contributed by atoms with Gasteiger partial charge in [-0.2, -0.15) is 0 Å². The molecule has 0 aliphatic rings. The Kier molecular flexibility index (Phi) is 8.59. The molecule has 15 rings (SSSR count). The van der Waals surface area contributed by atoms with Gasteiger partial charge in [0.1, 0.15) is 22.7 Å². The lowest BCUT2D eigenvalue weighted by molar-refractivity contribution is 0.482. The number of benzene rings is 11. The minimum absolute atomic E-state index is 0.729. The number of aromatic nitrogens is 3. The highest BCUT2D eigenvalue weighted by atomic mass is 16.5. The first-order valence-corrected chi connectivity index (χ1v) is 24.1. The van der Waals surface area contributed by atoms with Crippen molar-refractivity contribution in [2.45, 2.75) is 0 Å². The van der Waals surface area contributed by atoms with E-state index in [1.807, 2.05) is 30.3 Å². The lowest BCUT2D eigenvalue weighted by Crippen LogP contribution is -1.94. The van der Waals surface area contributed by atoms with Gasteiger partial charge in [0.25, 0.3) is 0 Å². The summed E-state index contributed by atoms with van der Waals surface area (Å²) in [5, 5.41) is 9.49. The molecule has 5 nitrogen and oxygen atoms in total. The molecule has 0 atom stereocenters. The van der Waals surface area contributed by atoms with Gasteiger partial charge < -0.3 is 22.9 Å². The van der Waals surface area contributed by atoms with Crippen LogP contribution in [0.1, 0.15) is 0 Å². The van der Waals surface area contributed by atoms with Crippen molar-refractivity contribution in [2.24, 2.45) is 0 Å². The quantitative estimate of drug-likeness (QED) is 0.160. The first-order chi connectivity index (χ1) is 35.2. The van der Waals surface area contributed by atoms with Gasteiger partial charge in [-0.1, -0.05) is 115 Å². The molecule has 4 heterocycles. The van der Waals surface area contributed by atoms with Gasteiger partial charge >= 0.3 is 0 Å². The van der Waals surface area contributed by atoms with E-state index in [1.165, 1.54) is 76.6 Å². The molecule has 332 valence electrons. The zero-order valence-electron chi connectivity index (χ0n) is 38.3. The van der Waals surface area contributed by atoms with Crippen LogP contribution < -0.4 is 4.74 Å². The van der Waals surface area contributed by atoms with E-state index in [0.717, 1.165) is 61.5 Å². The molecule has 71 heavy (non-hydrogen) atoms. The summed E-state index contributed by atoms with van der Waals surface area (Å²) in [6, 6.07) is 89.2. The zero-order valence-corrected chi connectivity index (χ0v) is 38.3. The van der Waals surface area contributed by atoms with E-state index in [-0.39, 0.29) is 0 Å². The number of fused-ring (bicyclic) bond motifs is 12. The Morgan fingerprint density at radius 1 is 0.239 bits per heavy atom. The Balaban J connectivity index is 0.874. The first kappa shape index (κ1) is 39.4. The summed E-state index contributed by atoms with van der Waals surface area (Å²) in [5.41, 5.74) is 16.8. The van der Waals surface area contributed by atoms with Gasteiger partial charge in [-0.15, -0.1) is 0 Å². The van der Waals surface area contributed by atoms with Crippen LogP contribution in [0.5, 0.6) is 11.5 Å². The third-order valence-corrected chi connectivity index (χ3v) is 14.5. The van der Waals surface area contributed by atoms with Gasteiger partial charge in [0.2, 0.25) is 0 Å². The number of rotatable bonds is 7. The molecule has 11 aromatic carbocycles. The van der Waals surface area contributed by atoms with Gasteiger partial charge in [0.15, 0.2) is 0 Å². The maximum Gasteiger partial charge on any atom is 0.139 e. The van der Waals surface area contributed by atoms with Crippen LogP contribution in [-0.4, -0.2) is 13.7 Å². The Morgan fingerprint density at radius 3 is 1.10 bits per heavy atom. The summed E-state index contributed by atoms with van der Waals surface area (Å²) in [6.45, 7) is 0. The summed E-state index contributed by atoms with van der Waals surface area (Å²) >= 11 is 0. The molecule has 0 saturated heterocycles. The topological polar surface area (TPSA) is 37.2 Å². The molecule has 4 aromatic heterocycles. The molecule has 0 unspecified atom stereocenters. The first-order valence-electron chi connectivity index (χ1n) is 24.1. The van der Waals surface area contributed by atoms with E-state index >= 15 is 0 Å². The fourth-order valence-electron chi connectivity index (χ4n) is 11.2. The van der Waals surface area contributed by atoms with Gasteiger partial charge in [-0.25, -0.2) is 0 Å². The third-order valence-electron chi connectivity index (χ3n) is 14.5. The predicted molar refractivity (Wildman–Crippen MR) is 294 cm³/mol. The molecule has 0 N–H and O–H groups in total. The fourth-order valence-corrected chi connectivity index (χ4v) is 11.2. The molecular formula is C66H41N3O2. The maximum atomic E-state index is 6.45. The van der Waals surface area contributed by atoms with Crippen molar-refractivity contribution < 1.29 is 9.15 Å². The van der Waals surface area contributed by atoms with Crippen LogP contribution in [0.2, 0.25) is 0 Å². The molecule has 0 aliphatic carbocycles. The second kappa shape index (κ2) is 15.5. The van der Waals surface area contributed by atoms with Crippen molar-refractivity contribution in [1.82, 2.24) is 13.7 Å². The summed E-state index contributed by atoms with van der Waals surface area (Å²) in [7, 11) is 0. The van der Waals surface area contributed by atoms with E-state index in [1.54, 1.807) is 0 Å².